The summed E-state index contributed by atoms with van der Waals surface area (Å²) in [5.74, 6) is 1.09. The Balaban J connectivity index is 1.40. The van der Waals surface area contributed by atoms with Crippen LogP contribution in [0.2, 0.25) is 0 Å². The normalized spacial score (nSPS) is 17.3. The number of hydrogen-bond acceptors (Lipinski definition) is 4. The van der Waals surface area contributed by atoms with Crippen molar-refractivity contribution in [2.45, 2.75) is 24.6 Å². The second-order valence-corrected chi connectivity index (χ2v) is 9.66. The van der Waals surface area contributed by atoms with Crippen molar-refractivity contribution < 1.29 is 13.2 Å². The lowest BCUT2D eigenvalue weighted by Crippen LogP contribution is -2.34. The van der Waals surface area contributed by atoms with Crippen LogP contribution in [0.15, 0.2) is 60.8 Å². The van der Waals surface area contributed by atoms with Crippen molar-refractivity contribution in [2.24, 2.45) is 0 Å². The van der Waals surface area contributed by atoms with Gasteiger partial charge in [0.2, 0.25) is 0 Å². The Morgan fingerprint density at radius 3 is 2.76 bits per heavy atom. The average Bonchev–Trinajstić information content (AvgIpc) is 3.15. The average molecular weight is 411 g/mol. The molecule has 4 rings (SSSR count). The monoisotopic (exact) mass is 410 g/mol. The van der Waals surface area contributed by atoms with Gasteiger partial charge in [0.05, 0.1) is 18.6 Å². The molecule has 152 valence electrons. The minimum Gasteiger partial charge on any atom is -0.496 e. The third-order valence-electron chi connectivity index (χ3n) is 5.50. The largest absolute Gasteiger partial charge is 0.496 e. The van der Waals surface area contributed by atoms with Crippen LogP contribution in [-0.2, 0) is 15.6 Å². The molecule has 2 heterocycles. The van der Waals surface area contributed by atoms with Gasteiger partial charge in [0.15, 0.2) is 9.84 Å². The van der Waals surface area contributed by atoms with Crippen LogP contribution in [0.5, 0.6) is 5.75 Å². The molecule has 1 aromatic heterocycles. The number of hydrogen-bond donors (Lipinski definition) is 2. The van der Waals surface area contributed by atoms with Crippen LogP contribution in [-0.4, -0.2) is 38.9 Å². The number of rotatable bonds is 7. The molecule has 0 bridgehead atoms. The molecule has 2 aromatic carbocycles. The van der Waals surface area contributed by atoms with Crippen molar-refractivity contribution in [3.8, 4) is 5.75 Å². The standard InChI is InChI=1S/C23H26N2O3S/c1-28-23-9-5-3-7-21(23)17-10-12-24-19(14-17)11-13-29(26,27)16-18-15-25-22-8-4-2-6-20(18)22/h2-10,15,19,24-25H,11-14,16H2,1H3. The predicted molar refractivity (Wildman–Crippen MR) is 118 cm³/mol. The van der Waals surface area contributed by atoms with Gasteiger partial charge in [-0.1, -0.05) is 42.5 Å². The maximum absolute atomic E-state index is 12.8. The summed E-state index contributed by atoms with van der Waals surface area (Å²) in [4.78, 5) is 3.15. The lowest BCUT2D eigenvalue weighted by atomic mass is 9.93. The predicted octanol–water partition coefficient (Wildman–Crippen LogP) is 3.93. The molecule has 1 atom stereocenters. The maximum atomic E-state index is 12.8. The molecular formula is C23H26N2O3S. The SMILES string of the molecule is COc1ccccc1C1=CCNC(CCS(=O)(=O)Cc2c[nH]c3ccccc23)C1. The van der Waals surface area contributed by atoms with Gasteiger partial charge in [-0.05, 0) is 36.1 Å². The first-order chi connectivity index (χ1) is 14.1. The van der Waals surface area contributed by atoms with Crippen LogP contribution in [0.25, 0.3) is 16.5 Å². The van der Waals surface area contributed by atoms with Crippen molar-refractivity contribution >= 4 is 26.3 Å². The Bertz CT molecular complexity index is 1130. The number of benzene rings is 2. The molecule has 0 aliphatic carbocycles. The molecule has 0 spiro atoms. The second-order valence-electron chi connectivity index (χ2n) is 7.48. The number of aromatic nitrogens is 1. The first kappa shape index (κ1) is 19.7. The summed E-state index contributed by atoms with van der Waals surface area (Å²) in [7, 11) is -1.52. The summed E-state index contributed by atoms with van der Waals surface area (Å²) in [6, 6.07) is 15.9. The Hall–Kier alpha value is -2.57. The number of methoxy groups -OCH3 is 1. The fraction of sp³-hybridized carbons (Fsp3) is 0.304. The van der Waals surface area contributed by atoms with E-state index in [-0.39, 0.29) is 17.5 Å². The van der Waals surface area contributed by atoms with E-state index in [2.05, 4.69) is 22.4 Å². The van der Waals surface area contributed by atoms with E-state index >= 15 is 0 Å². The minimum absolute atomic E-state index is 0.0684. The summed E-state index contributed by atoms with van der Waals surface area (Å²) in [5, 5.41) is 4.41. The highest BCUT2D eigenvalue weighted by molar-refractivity contribution is 7.90. The zero-order chi connectivity index (χ0) is 20.3. The summed E-state index contributed by atoms with van der Waals surface area (Å²) >= 11 is 0. The molecular weight excluding hydrogens is 384 g/mol. The molecule has 6 heteroatoms. The van der Waals surface area contributed by atoms with Crippen LogP contribution < -0.4 is 10.1 Å². The summed E-state index contributed by atoms with van der Waals surface area (Å²) < 4.78 is 31.0. The topological polar surface area (TPSA) is 71.2 Å². The third kappa shape index (κ3) is 4.54. The molecule has 3 aromatic rings. The molecule has 2 N–H and O–H groups in total. The number of H-pyrrole nitrogens is 1. The summed E-state index contributed by atoms with van der Waals surface area (Å²) in [5.41, 5.74) is 4.11. The maximum Gasteiger partial charge on any atom is 0.154 e. The number of aromatic amines is 1. The van der Waals surface area contributed by atoms with Gasteiger partial charge in [-0.25, -0.2) is 8.42 Å². The first-order valence-electron chi connectivity index (χ1n) is 9.87. The van der Waals surface area contributed by atoms with Gasteiger partial charge < -0.3 is 15.0 Å². The quantitative estimate of drug-likeness (QED) is 0.619. The Kier molecular flexibility index (Phi) is 5.74. The Labute approximate surface area is 171 Å². The Morgan fingerprint density at radius 1 is 1.10 bits per heavy atom. The van der Waals surface area contributed by atoms with E-state index in [1.807, 2.05) is 48.7 Å². The van der Waals surface area contributed by atoms with E-state index in [4.69, 9.17) is 4.74 Å². The Morgan fingerprint density at radius 2 is 1.90 bits per heavy atom. The van der Waals surface area contributed by atoms with Crippen molar-refractivity contribution in [1.82, 2.24) is 10.3 Å². The number of para-hydroxylation sites is 2. The highest BCUT2D eigenvalue weighted by atomic mass is 32.2. The fourth-order valence-corrected chi connectivity index (χ4v) is 5.49. The zero-order valence-corrected chi connectivity index (χ0v) is 17.3. The number of sulfone groups is 1. The molecule has 0 amide bonds. The van der Waals surface area contributed by atoms with Gasteiger partial charge in [0.25, 0.3) is 0 Å². The van der Waals surface area contributed by atoms with E-state index < -0.39 is 9.84 Å². The molecule has 0 fully saturated rings. The first-order valence-corrected chi connectivity index (χ1v) is 11.7. The van der Waals surface area contributed by atoms with Gasteiger partial charge in [-0.3, -0.25) is 0 Å². The van der Waals surface area contributed by atoms with E-state index in [0.29, 0.717) is 6.42 Å². The van der Waals surface area contributed by atoms with Crippen molar-refractivity contribution in [1.29, 1.82) is 0 Å². The number of ether oxygens (including phenoxy) is 1. The lowest BCUT2D eigenvalue weighted by Gasteiger charge is -2.25. The molecule has 1 aliphatic rings. The molecule has 0 saturated heterocycles. The molecule has 29 heavy (non-hydrogen) atoms. The van der Waals surface area contributed by atoms with Crippen LogP contribution in [0.3, 0.4) is 0 Å². The number of nitrogens with one attached hydrogen (secondary N) is 2. The molecule has 1 unspecified atom stereocenters. The van der Waals surface area contributed by atoms with Crippen LogP contribution in [0.1, 0.15) is 24.0 Å². The second kappa shape index (κ2) is 8.43. The van der Waals surface area contributed by atoms with Crippen LogP contribution in [0, 0.1) is 0 Å². The van der Waals surface area contributed by atoms with E-state index in [1.54, 1.807) is 7.11 Å². The van der Waals surface area contributed by atoms with Gasteiger partial charge in [0.1, 0.15) is 5.75 Å². The number of fused-ring (bicyclic) bond motifs is 1. The summed E-state index contributed by atoms with van der Waals surface area (Å²) in [6.45, 7) is 0.737. The van der Waals surface area contributed by atoms with Crippen LogP contribution in [0.4, 0.5) is 0 Å². The fourth-order valence-electron chi connectivity index (χ4n) is 3.99. The molecule has 0 radical (unpaired) electrons. The molecule has 1 aliphatic heterocycles. The van der Waals surface area contributed by atoms with Crippen molar-refractivity contribution in [3.63, 3.8) is 0 Å². The highest BCUT2D eigenvalue weighted by Crippen LogP contribution is 2.31. The van der Waals surface area contributed by atoms with Gasteiger partial charge >= 0.3 is 0 Å². The molecule has 5 nitrogen and oxygen atoms in total. The minimum atomic E-state index is -3.19. The van der Waals surface area contributed by atoms with Gasteiger partial charge in [0, 0.05) is 35.2 Å². The van der Waals surface area contributed by atoms with Crippen molar-refractivity contribution in [2.75, 3.05) is 19.4 Å². The highest BCUT2D eigenvalue weighted by Gasteiger charge is 2.22. The van der Waals surface area contributed by atoms with Crippen molar-refractivity contribution in [3.05, 3.63) is 71.9 Å². The summed E-state index contributed by atoms with van der Waals surface area (Å²) in [6.07, 6.45) is 5.36. The van der Waals surface area contributed by atoms with Gasteiger partial charge in [-0.15, -0.1) is 0 Å². The smallest absolute Gasteiger partial charge is 0.154 e. The van der Waals surface area contributed by atoms with Crippen LogP contribution >= 0.6 is 0 Å². The van der Waals surface area contributed by atoms with Gasteiger partial charge in [-0.2, -0.15) is 0 Å². The lowest BCUT2D eigenvalue weighted by molar-refractivity contribution is 0.412. The third-order valence-corrected chi connectivity index (χ3v) is 7.11. The van der Waals surface area contributed by atoms with E-state index in [1.165, 1.54) is 5.57 Å². The molecule has 0 saturated carbocycles. The van der Waals surface area contributed by atoms with E-state index in [0.717, 1.165) is 40.7 Å². The zero-order valence-electron chi connectivity index (χ0n) is 16.5. The van der Waals surface area contributed by atoms with E-state index in [9.17, 15) is 8.42 Å².